The molecular weight excluding hydrogens is 232 g/mol. The molecule has 0 aliphatic heterocycles. The molecule has 0 spiro atoms. The van der Waals surface area contributed by atoms with E-state index in [2.05, 4.69) is 4.90 Å². The molecule has 18 heavy (non-hydrogen) atoms. The number of nitro benzene ring substituents is 1. The minimum absolute atomic E-state index is 0.129. The molecule has 1 fully saturated rings. The van der Waals surface area contributed by atoms with Gasteiger partial charge in [-0.1, -0.05) is 12.1 Å². The zero-order valence-corrected chi connectivity index (χ0v) is 10.5. The predicted octanol–water partition coefficient (Wildman–Crippen LogP) is 1.86. The lowest BCUT2D eigenvalue weighted by atomic mass is 10.1. The van der Waals surface area contributed by atoms with Crippen LogP contribution in [0.4, 0.5) is 5.69 Å². The molecule has 5 heteroatoms. The van der Waals surface area contributed by atoms with E-state index in [0.717, 1.165) is 24.0 Å². The second kappa shape index (κ2) is 5.46. The highest BCUT2D eigenvalue weighted by atomic mass is 16.6. The molecule has 1 aliphatic rings. The van der Waals surface area contributed by atoms with Gasteiger partial charge in [0.2, 0.25) is 0 Å². The molecular formula is C13H18N2O3. The second-order valence-electron chi connectivity index (χ2n) is 4.74. The number of benzene rings is 1. The molecule has 0 heterocycles. The number of hydrogen-bond acceptors (Lipinski definition) is 4. The number of hydrogen-bond donors (Lipinski definition) is 1. The van der Waals surface area contributed by atoms with Gasteiger partial charge in [-0.15, -0.1) is 0 Å². The van der Waals surface area contributed by atoms with E-state index in [-0.39, 0.29) is 17.2 Å². The van der Waals surface area contributed by atoms with E-state index in [1.807, 2.05) is 6.07 Å². The largest absolute Gasteiger partial charge is 0.395 e. The first-order valence-corrected chi connectivity index (χ1v) is 6.21. The molecule has 0 amide bonds. The van der Waals surface area contributed by atoms with E-state index >= 15 is 0 Å². The van der Waals surface area contributed by atoms with Gasteiger partial charge in [0.25, 0.3) is 5.69 Å². The molecule has 98 valence electrons. The average molecular weight is 250 g/mol. The minimum Gasteiger partial charge on any atom is -0.395 e. The van der Waals surface area contributed by atoms with Crippen molar-refractivity contribution in [2.45, 2.75) is 32.4 Å². The van der Waals surface area contributed by atoms with Crippen LogP contribution in [0.15, 0.2) is 18.2 Å². The van der Waals surface area contributed by atoms with Crippen LogP contribution in [-0.2, 0) is 6.54 Å². The fraction of sp³-hybridized carbons (Fsp3) is 0.538. The molecule has 1 aromatic rings. The van der Waals surface area contributed by atoms with Crippen LogP contribution in [0.5, 0.6) is 0 Å². The van der Waals surface area contributed by atoms with E-state index < -0.39 is 0 Å². The summed E-state index contributed by atoms with van der Waals surface area (Å²) in [5, 5.41) is 19.9. The van der Waals surface area contributed by atoms with Gasteiger partial charge in [0.05, 0.1) is 11.5 Å². The third-order valence-electron chi connectivity index (χ3n) is 3.44. The number of aliphatic hydroxyl groups excluding tert-OH is 1. The van der Waals surface area contributed by atoms with Crippen molar-refractivity contribution in [3.8, 4) is 0 Å². The minimum atomic E-state index is -0.341. The average Bonchev–Trinajstić information content (AvgIpc) is 3.14. The maximum Gasteiger partial charge on any atom is 0.272 e. The Balaban J connectivity index is 2.17. The van der Waals surface area contributed by atoms with Crippen molar-refractivity contribution < 1.29 is 10.0 Å². The lowest BCUT2D eigenvalue weighted by Crippen LogP contribution is -2.29. The molecule has 0 bridgehead atoms. The van der Waals surface area contributed by atoms with Gasteiger partial charge < -0.3 is 5.11 Å². The fourth-order valence-corrected chi connectivity index (χ4v) is 2.22. The smallest absolute Gasteiger partial charge is 0.272 e. The van der Waals surface area contributed by atoms with Crippen LogP contribution in [0.2, 0.25) is 0 Å². The van der Waals surface area contributed by atoms with Crippen molar-refractivity contribution in [3.05, 3.63) is 39.4 Å². The van der Waals surface area contributed by atoms with Crippen molar-refractivity contribution >= 4 is 5.69 Å². The third kappa shape index (κ3) is 2.86. The maximum absolute atomic E-state index is 10.9. The van der Waals surface area contributed by atoms with Crippen molar-refractivity contribution in [2.24, 2.45) is 0 Å². The summed E-state index contributed by atoms with van der Waals surface area (Å²) in [4.78, 5) is 12.7. The first-order valence-electron chi connectivity index (χ1n) is 6.21. The Hall–Kier alpha value is -1.46. The van der Waals surface area contributed by atoms with Crippen molar-refractivity contribution in [3.63, 3.8) is 0 Å². The molecule has 0 atom stereocenters. The zero-order chi connectivity index (χ0) is 13.1. The summed E-state index contributed by atoms with van der Waals surface area (Å²) < 4.78 is 0. The van der Waals surface area contributed by atoms with Crippen molar-refractivity contribution in [1.29, 1.82) is 0 Å². The van der Waals surface area contributed by atoms with Crippen LogP contribution < -0.4 is 0 Å². The fourth-order valence-electron chi connectivity index (χ4n) is 2.22. The SMILES string of the molecule is Cc1c(CN(CCO)C2CC2)cccc1[N+](=O)[O-]. The summed E-state index contributed by atoms with van der Waals surface area (Å²) in [5.74, 6) is 0. The summed E-state index contributed by atoms with van der Waals surface area (Å²) in [5.41, 5.74) is 1.88. The standard InChI is InChI=1S/C13H18N2O3/c1-10-11(3-2-4-13(10)15(17)18)9-14(7-8-16)12-5-6-12/h2-4,12,16H,5-9H2,1H3. The van der Waals surface area contributed by atoms with Crippen LogP contribution in [0.25, 0.3) is 0 Å². The molecule has 0 aromatic heterocycles. The van der Waals surface area contributed by atoms with Gasteiger partial charge in [-0.3, -0.25) is 15.0 Å². The van der Waals surface area contributed by atoms with E-state index in [0.29, 0.717) is 19.1 Å². The summed E-state index contributed by atoms with van der Waals surface area (Å²) in [6.07, 6.45) is 2.32. The summed E-state index contributed by atoms with van der Waals surface area (Å²) in [6.45, 7) is 3.23. The number of nitro groups is 1. The number of rotatable bonds is 6. The van der Waals surface area contributed by atoms with E-state index in [1.54, 1.807) is 13.0 Å². The molecule has 1 aromatic carbocycles. The van der Waals surface area contributed by atoms with Gasteiger partial charge in [-0.2, -0.15) is 0 Å². The lowest BCUT2D eigenvalue weighted by Gasteiger charge is -2.21. The number of aliphatic hydroxyl groups is 1. The Morgan fingerprint density at radius 3 is 2.78 bits per heavy atom. The Morgan fingerprint density at radius 2 is 2.22 bits per heavy atom. The molecule has 1 saturated carbocycles. The van der Waals surface area contributed by atoms with Crippen LogP contribution in [0.3, 0.4) is 0 Å². The highest BCUT2D eigenvalue weighted by Crippen LogP contribution is 2.29. The van der Waals surface area contributed by atoms with Gasteiger partial charge in [0, 0.05) is 30.8 Å². The van der Waals surface area contributed by atoms with Gasteiger partial charge in [-0.05, 0) is 25.3 Å². The third-order valence-corrected chi connectivity index (χ3v) is 3.44. The Morgan fingerprint density at radius 1 is 1.50 bits per heavy atom. The summed E-state index contributed by atoms with van der Waals surface area (Å²) in [6, 6.07) is 5.72. The first-order chi connectivity index (χ1) is 8.63. The van der Waals surface area contributed by atoms with E-state index in [4.69, 9.17) is 5.11 Å². The Bertz CT molecular complexity index is 444. The monoisotopic (exact) mass is 250 g/mol. The van der Waals surface area contributed by atoms with Crippen molar-refractivity contribution in [1.82, 2.24) is 4.90 Å². The van der Waals surface area contributed by atoms with Gasteiger partial charge >= 0.3 is 0 Å². The zero-order valence-electron chi connectivity index (χ0n) is 10.5. The molecule has 5 nitrogen and oxygen atoms in total. The van der Waals surface area contributed by atoms with Crippen molar-refractivity contribution in [2.75, 3.05) is 13.2 Å². The van der Waals surface area contributed by atoms with Gasteiger partial charge in [-0.25, -0.2) is 0 Å². The molecule has 0 saturated heterocycles. The highest BCUT2D eigenvalue weighted by Gasteiger charge is 2.29. The predicted molar refractivity (Wildman–Crippen MR) is 68.4 cm³/mol. The normalized spacial score (nSPS) is 15.1. The van der Waals surface area contributed by atoms with Gasteiger partial charge in [0.1, 0.15) is 0 Å². The van der Waals surface area contributed by atoms with E-state index in [9.17, 15) is 10.1 Å². The topological polar surface area (TPSA) is 66.6 Å². The Kier molecular flexibility index (Phi) is 3.93. The second-order valence-corrected chi connectivity index (χ2v) is 4.74. The molecule has 0 unspecified atom stereocenters. The Labute approximate surface area is 106 Å². The first kappa shape index (κ1) is 13.0. The highest BCUT2D eigenvalue weighted by molar-refractivity contribution is 5.44. The maximum atomic E-state index is 10.9. The lowest BCUT2D eigenvalue weighted by molar-refractivity contribution is -0.385. The van der Waals surface area contributed by atoms with E-state index in [1.165, 1.54) is 6.07 Å². The van der Waals surface area contributed by atoms with Crippen LogP contribution in [0.1, 0.15) is 24.0 Å². The quantitative estimate of drug-likeness (QED) is 0.618. The summed E-state index contributed by atoms with van der Waals surface area (Å²) >= 11 is 0. The summed E-state index contributed by atoms with van der Waals surface area (Å²) in [7, 11) is 0. The van der Waals surface area contributed by atoms with Crippen LogP contribution >= 0.6 is 0 Å². The van der Waals surface area contributed by atoms with Crippen LogP contribution in [-0.4, -0.2) is 34.1 Å². The van der Waals surface area contributed by atoms with Gasteiger partial charge in [0.15, 0.2) is 0 Å². The molecule has 1 aliphatic carbocycles. The molecule has 1 N–H and O–H groups in total. The van der Waals surface area contributed by atoms with Crippen LogP contribution in [0, 0.1) is 17.0 Å². The molecule has 0 radical (unpaired) electrons. The molecule has 2 rings (SSSR count). The number of nitrogens with zero attached hydrogens (tertiary/aromatic N) is 2.